The highest BCUT2D eigenvalue weighted by Crippen LogP contribution is 2.35. The highest BCUT2D eigenvalue weighted by Gasteiger charge is 2.17. The van der Waals surface area contributed by atoms with Gasteiger partial charge in [-0.15, -0.1) is 0 Å². The topological polar surface area (TPSA) is 86.6 Å². The Bertz CT molecular complexity index is 1050. The molecule has 0 atom stereocenters. The zero-order valence-electron chi connectivity index (χ0n) is 18.6. The standard InChI is InChI=1S/C24H28IN3O4/c1-4-11-30-16-7-9-18(20(29)14-16)22-26-23(28-24(25)27-22)19-10-8-17(31-12-5-2)15-21(19)32-13-6-3/h7-10,14-15,29H,4-6,11-13H2,1-3H3. The van der Waals surface area contributed by atoms with Crippen LogP contribution >= 0.6 is 22.6 Å². The van der Waals surface area contributed by atoms with Crippen molar-refractivity contribution in [3.8, 4) is 45.8 Å². The van der Waals surface area contributed by atoms with Crippen molar-refractivity contribution < 1.29 is 19.3 Å². The van der Waals surface area contributed by atoms with E-state index in [2.05, 4.69) is 51.4 Å². The van der Waals surface area contributed by atoms with Crippen molar-refractivity contribution in [3.05, 3.63) is 40.2 Å². The number of phenols is 1. The lowest BCUT2D eigenvalue weighted by atomic mass is 10.1. The van der Waals surface area contributed by atoms with E-state index in [4.69, 9.17) is 14.2 Å². The lowest BCUT2D eigenvalue weighted by Crippen LogP contribution is -2.03. The van der Waals surface area contributed by atoms with Crippen molar-refractivity contribution in [2.75, 3.05) is 19.8 Å². The average molecular weight is 549 g/mol. The van der Waals surface area contributed by atoms with Gasteiger partial charge in [-0.3, -0.25) is 0 Å². The maximum absolute atomic E-state index is 10.6. The largest absolute Gasteiger partial charge is 0.507 e. The number of hydrogen-bond donors (Lipinski definition) is 1. The number of halogens is 1. The Morgan fingerprint density at radius 2 is 1.25 bits per heavy atom. The summed E-state index contributed by atoms with van der Waals surface area (Å²) in [5.74, 6) is 2.91. The van der Waals surface area contributed by atoms with Gasteiger partial charge in [0.1, 0.15) is 23.0 Å². The molecule has 2 aromatic carbocycles. The van der Waals surface area contributed by atoms with Crippen LogP contribution < -0.4 is 14.2 Å². The fourth-order valence-electron chi connectivity index (χ4n) is 2.93. The summed E-state index contributed by atoms with van der Waals surface area (Å²) in [6, 6.07) is 10.8. The summed E-state index contributed by atoms with van der Waals surface area (Å²) in [4.78, 5) is 13.6. The second kappa shape index (κ2) is 11.8. The van der Waals surface area contributed by atoms with Crippen LogP contribution in [0.5, 0.6) is 23.0 Å². The summed E-state index contributed by atoms with van der Waals surface area (Å²) in [5, 5.41) is 10.6. The van der Waals surface area contributed by atoms with E-state index in [1.165, 1.54) is 0 Å². The predicted molar refractivity (Wildman–Crippen MR) is 132 cm³/mol. The van der Waals surface area contributed by atoms with Crippen LogP contribution in [0.3, 0.4) is 0 Å². The normalized spacial score (nSPS) is 10.8. The van der Waals surface area contributed by atoms with E-state index < -0.39 is 0 Å². The smallest absolute Gasteiger partial charge is 0.194 e. The molecule has 8 heteroatoms. The molecule has 0 aliphatic heterocycles. The van der Waals surface area contributed by atoms with Gasteiger partial charge in [0.05, 0.1) is 30.9 Å². The molecule has 170 valence electrons. The first-order chi connectivity index (χ1) is 15.5. The monoisotopic (exact) mass is 549 g/mol. The Labute approximate surface area is 202 Å². The summed E-state index contributed by atoms with van der Waals surface area (Å²) in [6.45, 7) is 7.94. The lowest BCUT2D eigenvalue weighted by molar-refractivity contribution is 0.302. The van der Waals surface area contributed by atoms with E-state index in [1.54, 1.807) is 18.2 Å². The Balaban J connectivity index is 1.99. The molecule has 0 saturated carbocycles. The first-order valence-corrected chi connectivity index (χ1v) is 11.9. The number of ether oxygens (including phenoxy) is 3. The lowest BCUT2D eigenvalue weighted by Gasteiger charge is -2.14. The number of phenolic OH excluding ortho intramolecular Hbond substituents is 1. The van der Waals surface area contributed by atoms with Crippen molar-refractivity contribution in [3.63, 3.8) is 0 Å². The zero-order valence-corrected chi connectivity index (χ0v) is 20.8. The molecule has 0 spiro atoms. The number of benzene rings is 2. The van der Waals surface area contributed by atoms with Crippen LogP contribution in [0, 0.1) is 3.83 Å². The fourth-order valence-corrected chi connectivity index (χ4v) is 3.39. The van der Waals surface area contributed by atoms with Crippen molar-refractivity contribution in [1.29, 1.82) is 0 Å². The third-order valence-corrected chi connectivity index (χ3v) is 4.90. The molecule has 7 nitrogen and oxygen atoms in total. The van der Waals surface area contributed by atoms with E-state index in [0.717, 1.165) is 30.6 Å². The van der Waals surface area contributed by atoms with E-state index >= 15 is 0 Å². The Hall–Kier alpha value is -2.62. The van der Waals surface area contributed by atoms with Gasteiger partial charge in [-0.25, -0.2) is 15.0 Å². The van der Waals surface area contributed by atoms with E-state index in [-0.39, 0.29) is 5.75 Å². The first-order valence-electron chi connectivity index (χ1n) is 10.8. The number of rotatable bonds is 11. The minimum atomic E-state index is 0.0531. The van der Waals surface area contributed by atoms with E-state index in [1.807, 2.05) is 25.1 Å². The molecule has 0 radical (unpaired) electrons. The fraction of sp³-hybridized carbons (Fsp3) is 0.375. The minimum Gasteiger partial charge on any atom is -0.507 e. The SMILES string of the molecule is CCCOc1ccc(-c2nc(I)nc(-c3ccc(OCCC)cc3OCCC)n2)c(O)c1. The second-order valence-corrected chi connectivity index (χ2v) is 8.10. The second-order valence-electron chi connectivity index (χ2n) is 7.13. The van der Waals surface area contributed by atoms with Crippen LogP contribution in [0.2, 0.25) is 0 Å². The number of aromatic nitrogens is 3. The van der Waals surface area contributed by atoms with Crippen LogP contribution in [0.25, 0.3) is 22.8 Å². The highest BCUT2D eigenvalue weighted by molar-refractivity contribution is 14.1. The summed E-state index contributed by atoms with van der Waals surface area (Å²) in [5.41, 5.74) is 1.25. The molecule has 0 unspecified atom stereocenters. The number of nitrogens with zero attached hydrogens (tertiary/aromatic N) is 3. The predicted octanol–water partition coefficient (Wildman–Crippen LogP) is 5.88. The molecule has 0 fully saturated rings. The molecule has 1 aromatic heterocycles. The molecular weight excluding hydrogens is 521 g/mol. The van der Waals surface area contributed by atoms with E-state index in [9.17, 15) is 5.11 Å². The van der Waals surface area contributed by atoms with Gasteiger partial charge in [0.15, 0.2) is 15.5 Å². The Kier molecular flexibility index (Phi) is 8.90. The van der Waals surface area contributed by atoms with Gasteiger partial charge >= 0.3 is 0 Å². The first kappa shape index (κ1) is 24.0. The summed E-state index contributed by atoms with van der Waals surface area (Å²) in [7, 11) is 0. The molecule has 0 bridgehead atoms. The van der Waals surface area contributed by atoms with E-state index in [0.29, 0.717) is 52.4 Å². The third kappa shape index (κ3) is 6.21. The van der Waals surface area contributed by atoms with Gasteiger partial charge in [0.25, 0.3) is 0 Å². The minimum absolute atomic E-state index is 0.0531. The maximum atomic E-state index is 10.6. The van der Waals surface area contributed by atoms with Crippen molar-refractivity contribution in [2.24, 2.45) is 0 Å². The maximum Gasteiger partial charge on any atom is 0.194 e. The molecule has 1 N–H and O–H groups in total. The molecule has 3 rings (SSSR count). The molecule has 0 amide bonds. The summed E-state index contributed by atoms with van der Waals surface area (Å²) in [6.07, 6.45) is 2.69. The number of hydrogen-bond acceptors (Lipinski definition) is 7. The van der Waals surface area contributed by atoms with Gasteiger partial charge in [0.2, 0.25) is 0 Å². The Morgan fingerprint density at radius 3 is 1.84 bits per heavy atom. The quantitative estimate of drug-likeness (QED) is 0.299. The van der Waals surface area contributed by atoms with Gasteiger partial charge in [-0.05, 0) is 43.5 Å². The Morgan fingerprint density at radius 1 is 0.719 bits per heavy atom. The molecule has 32 heavy (non-hydrogen) atoms. The van der Waals surface area contributed by atoms with Gasteiger partial charge in [-0.1, -0.05) is 20.8 Å². The average Bonchev–Trinajstić information content (AvgIpc) is 2.79. The van der Waals surface area contributed by atoms with Crippen molar-refractivity contribution in [2.45, 2.75) is 40.0 Å². The zero-order chi connectivity index (χ0) is 22.9. The third-order valence-electron chi connectivity index (χ3n) is 4.42. The summed E-state index contributed by atoms with van der Waals surface area (Å²) >= 11 is 2.05. The van der Waals surface area contributed by atoms with Crippen LogP contribution in [0.1, 0.15) is 40.0 Å². The van der Waals surface area contributed by atoms with Crippen LogP contribution in [0.15, 0.2) is 36.4 Å². The molecule has 0 aliphatic rings. The van der Waals surface area contributed by atoms with Crippen molar-refractivity contribution in [1.82, 2.24) is 15.0 Å². The van der Waals surface area contributed by atoms with Gasteiger partial charge < -0.3 is 19.3 Å². The van der Waals surface area contributed by atoms with Crippen molar-refractivity contribution >= 4 is 22.6 Å². The van der Waals surface area contributed by atoms with Crippen LogP contribution in [0.4, 0.5) is 0 Å². The van der Waals surface area contributed by atoms with Gasteiger partial charge in [0, 0.05) is 34.7 Å². The summed E-state index contributed by atoms with van der Waals surface area (Å²) < 4.78 is 17.8. The molecular formula is C24H28IN3O4. The molecule has 0 saturated heterocycles. The molecule has 0 aliphatic carbocycles. The van der Waals surface area contributed by atoms with Crippen LogP contribution in [-0.4, -0.2) is 39.9 Å². The number of aromatic hydroxyl groups is 1. The molecule has 3 aromatic rings. The highest BCUT2D eigenvalue weighted by atomic mass is 127. The van der Waals surface area contributed by atoms with Crippen LogP contribution in [-0.2, 0) is 0 Å². The van der Waals surface area contributed by atoms with Gasteiger partial charge in [-0.2, -0.15) is 0 Å². The molecule has 1 heterocycles.